The van der Waals surface area contributed by atoms with E-state index in [1.54, 1.807) is 0 Å². The number of hydrogen-bond acceptors (Lipinski definition) is 8. The number of carbonyl (C=O) groups excluding carboxylic acids is 1. The number of fused-ring (bicyclic) bond motifs is 5. The van der Waals surface area contributed by atoms with E-state index in [0.717, 1.165) is 11.1 Å². The van der Waals surface area contributed by atoms with Crippen molar-refractivity contribution in [3.05, 3.63) is 11.1 Å². The molecule has 5 aliphatic rings. The average molecular weight is 1050 g/mol. The van der Waals surface area contributed by atoms with Crippen LogP contribution in [0, 0.1) is 16.7 Å². The zero-order valence-electron chi connectivity index (χ0n) is 27.5. The maximum Gasteiger partial charge on any atom is 0.509 e. The first-order valence-electron chi connectivity index (χ1n) is 14.9. The second-order valence-electron chi connectivity index (χ2n) is 13.6. The quantitative estimate of drug-likeness (QED) is 0.120. The molecule has 0 aromatic heterocycles. The first-order chi connectivity index (χ1) is 22.5. The van der Waals surface area contributed by atoms with E-state index in [2.05, 4.69) is 126 Å². The molecule has 1 spiro atoms. The Kier molecular flexibility index (Phi) is 17.8. The van der Waals surface area contributed by atoms with Gasteiger partial charge in [-0.1, -0.05) is 29.7 Å². The molecule has 0 aromatic rings. The number of carbonyl (C=O) groups is 1. The van der Waals surface area contributed by atoms with Crippen LogP contribution >= 0.6 is 162 Å². The lowest BCUT2D eigenvalue weighted by molar-refractivity contribution is -0.339. The molecule has 49 heavy (non-hydrogen) atoms. The molecule has 22 atom stereocenters. The number of aliphatic hydroxyl groups is 2. The van der Waals surface area contributed by atoms with E-state index in [1.165, 1.54) is 0 Å². The van der Waals surface area contributed by atoms with Crippen LogP contribution in [0.4, 0.5) is 4.79 Å². The molecular weight excluding hydrogens is 1000 g/mol. The van der Waals surface area contributed by atoms with E-state index in [-0.39, 0.29) is 18.8 Å². The molecule has 4 fully saturated rings. The van der Waals surface area contributed by atoms with Crippen LogP contribution in [0.25, 0.3) is 0 Å². The Hall–Kier alpha value is 7.41. The molecule has 3 aliphatic carbocycles. The lowest BCUT2D eigenvalue weighted by Gasteiger charge is -2.67. The molecule has 28 heteroatoms. The molecule has 5 rings (SSSR count). The number of aliphatic hydroxyl groups excluding tert-OH is 1. The Morgan fingerprint density at radius 2 is 1.43 bits per heavy atom. The highest BCUT2D eigenvalue weighted by atomic mass is 33.2. The summed E-state index contributed by atoms with van der Waals surface area (Å²) in [6, 6.07) is 0. The van der Waals surface area contributed by atoms with Crippen molar-refractivity contribution in [2.75, 3.05) is 6.61 Å². The summed E-state index contributed by atoms with van der Waals surface area (Å²) in [4.78, 5) is 13.6. The first-order valence-corrected chi connectivity index (χ1v) is 49.6. The van der Waals surface area contributed by atoms with Crippen molar-refractivity contribution in [1.29, 1.82) is 0 Å². The van der Waals surface area contributed by atoms with Gasteiger partial charge in [0.25, 0.3) is 0 Å². The highest BCUT2D eigenvalue weighted by Gasteiger charge is 2.77. The summed E-state index contributed by atoms with van der Waals surface area (Å²) < 4.78 is 33.5. The normalized spacial score (nSPS) is 39.9. The lowest BCUT2D eigenvalue weighted by Crippen LogP contribution is -2.78. The third-order valence-electron chi connectivity index (χ3n) is 10.6. The molecule has 2 aliphatic heterocycles. The molecule has 2 saturated carbocycles. The predicted octanol–water partition coefficient (Wildman–Crippen LogP) is 13.0. The predicted molar refractivity (Wildman–Crippen MR) is 266 cm³/mol. The van der Waals surface area contributed by atoms with Gasteiger partial charge in [-0.25, -0.2) is 4.79 Å². The molecule has 2 saturated heterocycles. The largest absolute Gasteiger partial charge is 0.509 e. The van der Waals surface area contributed by atoms with Crippen molar-refractivity contribution >= 4 is 168 Å². The van der Waals surface area contributed by atoms with E-state index in [0.29, 0.717) is 19.3 Å². The molecule has 2 bridgehead atoms. The van der Waals surface area contributed by atoms with Gasteiger partial charge < -0.3 is 33.5 Å². The van der Waals surface area contributed by atoms with Crippen molar-refractivity contribution in [2.45, 2.75) is 88.7 Å². The number of hydrogen-bond donors (Lipinski definition) is 2. The van der Waals surface area contributed by atoms with E-state index in [4.69, 9.17) is 23.3 Å². The fraction of sp³-hybridized carbons (Fsp3) is 0.857. The van der Waals surface area contributed by atoms with Gasteiger partial charge in [-0.15, -0.1) is 89.3 Å². The summed E-state index contributed by atoms with van der Waals surface area (Å²) >= 11 is 0. The average Bonchev–Trinajstić information content (AvgIpc) is 3.28. The maximum absolute atomic E-state index is 13.6. The topological polar surface area (TPSA) is 104 Å². The summed E-state index contributed by atoms with van der Waals surface area (Å²) in [5.41, 5.74) is -2.15. The number of rotatable bonds is 11. The molecule has 2 N–H and O–H groups in total. The van der Waals surface area contributed by atoms with E-state index >= 15 is 0 Å². The highest BCUT2D eigenvalue weighted by molar-refractivity contribution is 9.19. The summed E-state index contributed by atoms with van der Waals surface area (Å²) in [6.07, 6.45) is -2.36. The van der Waals surface area contributed by atoms with Gasteiger partial charge >= 0.3 is 6.16 Å². The van der Waals surface area contributed by atoms with Gasteiger partial charge in [0, 0.05) is 43.6 Å². The van der Waals surface area contributed by atoms with Crippen LogP contribution in [-0.4, -0.2) is 64.7 Å². The van der Waals surface area contributed by atoms with Crippen molar-refractivity contribution in [3.63, 3.8) is 0 Å². The molecule has 20 unspecified atom stereocenters. The van der Waals surface area contributed by atoms with Crippen LogP contribution in [0.3, 0.4) is 0 Å². The first kappa shape index (κ1) is 47.5. The minimum Gasteiger partial charge on any atom is -0.426 e. The number of ether oxygens (including phenoxy) is 3. The van der Waals surface area contributed by atoms with Crippen molar-refractivity contribution in [3.8, 4) is 0 Å². The van der Waals surface area contributed by atoms with Gasteiger partial charge in [0.2, 0.25) is 0 Å². The van der Waals surface area contributed by atoms with E-state index in [1.807, 2.05) is 0 Å². The van der Waals surface area contributed by atoms with Gasteiger partial charge in [0.15, 0.2) is 11.7 Å². The van der Waals surface area contributed by atoms with Gasteiger partial charge in [-0.05, 0) is 59.4 Å². The Balaban J connectivity index is 1.69. The van der Waals surface area contributed by atoms with Gasteiger partial charge in [0.05, 0.1) is 46.1 Å². The lowest BCUT2D eigenvalue weighted by atomic mass is 9.45. The van der Waals surface area contributed by atoms with Crippen LogP contribution < -0.4 is 0 Å². The highest BCUT2D eigenvalue weighted by Crippen LogP contribution is 3.17. The molecule has 0 radical (unpaired) electrons. The Morgan fingerprint density at radius 3 is 1.92 bits per heavy atom. The monoisotopic (exact) mass is 1050 g/mol. The van der Waals surface area contributed by atoms with Crippen LogP contribution in [-0.2, 0) is 23.3 Å². The smallest absolute Gasteiger partial charge is 0.426 e. The molecular formula is C21H50O8P20. The summed E-state index contributed by atoms with van der Waals surface area (Å²) in [5, 5.41) is 25.2. The minimum absolute atomic E-state index is 0.137. The second-order valence-corrected chi connectivity index (χ2v) is 86.0. The van der Waals surface area contributed by atoms with Gasteiger partial charge in [-0.3, -0.25) is 0 Å². The Bertz CT molecular complexity index is 1280. The minimum atomic E-state index is -1.27. The molecule has 2 heterocycles. The van der Waals surface area contributed by atoms with Crippen molar-refractivity contribution in [1.82, 2.24) is 0 Å². The van der Waals surface area contributed by atoms with Gasteiger partial charge in [0.1, 0.15) is 5.60 Å². The zero-order valence-corrected chi connectivity index (χ0v) is 48.3. The second kappa shape index (κ2) is 18.4. The third kappa shape index (κ3) is 8.88. The van der Waals surface area contributed by atoms with Crippen molar-refractivity contribution in [2.24, 2.45) is 16.7 Å². The molecule has 282 valence electrons. The standard InChI is InChI=1S/C21H50O8P20/c1-9-11(28-42(48(40)45(34)35)49(46(36)37)47(38)39)7-21-16(26-17(23)27-21)15-19(4,6-10(22)14(9)18(21,2)3)12(5-13-20(15,24)8-25-13)29-41(43(30)31)44(32)33/h10-13,15-16,22,24H,5-8,30-40H2,1-4H3/t10?,11?,12?,13?,15?,16?,19-,20+,21?,42?,48?/m1/s1. The van der Waals surface area contributed by atoms with Crippen LogP contribution in [0.5, 0.6) is 0 Å². The summed E-state index contributed by atoms with van der Waals surface area (Å²) in [6.45, 7) is 5.14. The van der Waals surface area contributed by atoms with Crippen LogP contribution in [0.2, 0.25) is 0 Å². The summed E-state index contributed by atoms with van der Waals surface area (Å²) in [7, 11) is 31.5. The fourth-order valence-electron chi connectivity index (χ4n) is 8.51. The maximum atomic E-state index is 13.6. The van der Waals surface area contributed by atoms with E-state index < -0.39 is 116 Å². The summed E-state index contributed by atoms with van der Waals surface area (Å²) in [5.74, 6) is -0.598. The van der Waals surface area contributed by atoms with E-state index in [9.17, 15) is 15.0 Å². The Labute approximate surface area is 327 Å². The van der Waals surface area contributed by atoms with Crippen molar-refractivity contribution < 1.29 is 38.3 Å². The SMILES string of the molecule is CC1=C2C(O)C[C@]3(C)C(OP(P(P)P)P(P)P)CC4OC[C@@]4(O)C3C3OC(=O)OC3(CC1OP(P(P)P(P)P)P(P(P)P)P(P)P)C2(C)C. The fourth-order valence-corrected chi connectivity index (χ4v) is 137. The van der Waals surface area contributed by atoms with Crippen LogP contribution in [0.1, 0.15) is 47.0 Å². The van der Waals surface area contributed by atoms with Gasteiger partial charge in [-0.2, -0.15) is 0 Å². The third-order valence-corrected chi connectivity index (χ3v) is 104. The Morgan fingerprint density at radius 1 is 0.837 bits per heavy atom. The van der Waals surface area contributed by atoms with Crippen LogP contribution in [0.15, 0.2) is 11.1 Å². The zero-order chi connectivity index (χ0) is 36.8. The molecule has 0 amide bonds. The molecule has 0 aromatic carbocycles. The molecule has 8 nitrogen and oxygen atoms in total.